The summed E-state index contributed by atoms with van der Waals surface area (Å²) in [7, 11) is 1.77. The van der Waals surface area contributed by atoms with E-state index in [2.05, 4.69) is 16.0 Å². The lowest BCUT2D eigenvalue weighted by atomic mass is 9.97. The molecule has 0 amide bonds. The van der Waals surface area contributed by atoms with Crippen LogP contribution in [0.4, 0.5) is 0 Å². The molecule has 18 heavy (non-hydrogen) atoms. The predicted molar refractivity (Wildman–Crippen MR) is 68.8 cm³/mol. The smallest absolute Gasteiger partial charge is 0.140 e. The summed E-state index contributed by atoms with van der Waals surface area (Å²) >= 11 is 0. The van der Waals surface area contributed by atoms with Gasteiger partial charge in [-0.1, -0.05) is 0 Å². The van der Waals surface area contributed by atoms with Crippen molar-refractivity contribution in [3.8, 4) is 6.07 Å². The van der Waals surface area contributed by atoms with E-state index in [1.165, 1.54) is 18.4 Å². The van der Waals surface area contributed by atoms with E-state index < -0.39 is 0 Å². The van der Waals surface area contributed by atoms with E-state index in [0.29, 0.717) is 11.6 Å². The number of hydrogen-bond acceptors (Lipinski definition) is 4. The molecule has 0 aromatic carbocycles. The van der Waals surface area contributed by atoms with Crippen LogP contribution in [0, 0.1) is 17.2 Å². The summed E-state index contributed by atoms with van der Waals surface area (Å²) in [5.74, 6) is 0.707. The van der Waals surface area contributed by atoms with Gasteiger partial charge in [0.05, 0.1) is 0 Å². The number of ether oxygens (including phenoxy) is 1. The number of likely N-dealkylation sites (tertiary alicyclic amines) is 1. The fourth-order valence-corrected chi connectivity index (χ4v) is 2.44. The van der Waals surface area contributed by atoms with Crippen molar-refractivity contribution in [1.29, 1.82) is 5.26 Å². The second-order valence-electron chi connectivity index (χ2n) is 4.84. The maximum absolute atomic E-state index is 8.82. The first-order chi connectivity index (χ1) is 8.81. The normalized spacial score (nSPS) is 17.6. The molecule has 1 fully saturated rings. The number of aromatic nitrogens is 1. The van der Waals surface area contributed by atoms with Gasteiger partial charge >= 0.3 is 0 Å². The summed E-state index contributed by atoms with van der Waals surface area (Å²) in [6.45, 7) is 4.01. The number of hydrogen-bond donors (Lipinski definition) is 0. The molecule has 1 aliphatic heterocycles. The quantitative estimate of drug-likeness (QED) is 0.811. The van der Waals surface area contributed by atoms with Crippen molar-refractivity contribution >= 4 is 0 Å². The molecule has 4 heteroatoms. The van der Waals surface area contributed by atoms with E-state index in [0.717, 1.165) is 26.2 Å². The summed E-state index contributed by atoms with van der Waals surface area (Å²) in [6.07, 6.45) is 4.11. The minimum absolute atomic E-state index is 0.502. The van der Waals surface area contributed by atoms with Crippen molar-refractivity contribution in [3.05, 3.63) is 29.6 Å². The monoisotopic (exact) mass is 245 g/mol. The third-order valence-electron chi connectivity index (χ3n) is 3.45. The Hall–Kier alpha value is -1.44. The highest BCUT2D eigenvalue weighted by molar-refractivity contribution is 5.25. The highest BCUT2D eigenvalue weighted by Gasteiger charge is 2.18. The number of rotatable bonds is 4. The summed E-state index contributed by atoms with van der Waals surface area (Å²) in [5.41, 5.74) is 1.67. The number of nitrogens with zero attached hydrogens (tertiary/aromatic N) is 3. The van der Waals surface area contributed by atoms with Crippen LogP contribution in [0.1, 0.15) is 24.1 Å². The summed E-state index contributed by atoms with van der Waals surface area (Å²) in [5, 5.41) is 8.82. The van der Waals surface area contributed by atoms with E-state index in [1.807, 2.05) is 12.1 Å². The Labute approximate surface area is 108 Å². The Morgan fingerprint density at radius 3 is 2.94 bits per heavy atom. The first-order valence-electron chi connectivity index (χ1n) is 6.38. The van der Waals surface area contributed by atoms with E-state index in [9.17, 15) is 0 Å². The largest absolute Gasteiger partial charge is 0.384 e. The lowest BCUT2D eigenvalue weighted by Gasteiger charge is -2.31. The first kappa shape index (κ1) is 13.0. The van der Waals surface area contributed by atoms with Gasteiger partial charge in [0.2, 0.25) is 0 Å². The molecule has 1 aliphatic rings. The lowest BCUT2D eigenvalue weighted by molar-refractivity contribution is 0.0968. The van der Waals surface area contributed by atoms with Gasteiger partial charge in [0.25, 0.3) is 0 Å². The average molecular weight is 245 g/mol. The van der Waals surface area contributed by atoms with Crippen LogP contribution in [0.15, 0.2) is 18.3 Å². The average Bonchev–Trinajstić information content (AvgIpc) is 2.42. The molecule has 4 nitrogen and oxygen atoms in total. The molecule has 0 saturated carbocycles. The van der Waals surface area contributed by atoms with Gasteiger partial charge in [-0.25, -0.2) is 4.98 Å². The Kier molecular flexibility index (Phi) is 4.68. The zero-order chi connectivity index (χ0) is 12.8. The van der Waals surface area contributed by atoms with Crippen molar-refractivity contribution in [2.45, 2.75) is 19.4 Å². The zero-order valence-corrected chi connectivity index (χ0v) is 10.8. The SMILES string of the molecule is COCC1CCN(Cc2ccnc(C#N)c2)CC1. The molecule has 0 N–H and O–H groups in total. The van der Waals surface area contributed by atoms with Crippen LogP contribution in [0.2, 0.25) is 0 Å². The number of piperidine rings is 1. The molecule has 1 aromatic heterocycles. The van der Waals surface area contributed by atoms with Gasteiger partial charge in [0, 0.05) is 26.5 Å². The second-order valence-corrected chi connectivity index (χ2v) is 4.84. The van der Waals surface area contributed by atoms with E-state index in [1.54, 1.807) is 13.3 Å². The van der Waals surface area contributed by atoms with E-state index in [4.69, 9.17) is 10.00 Å². The summed E-state index contributed by atoms with van der Waals surface area (Å²) in [6, 6.07) is 5.95. The number of methoxy groups -OCH3 is 1. The number of nitriles is 1. The third-order valence-corrected chi connectivity index (χ3v) is 3.45. The van der Waals surface area contributed by atoms with Gasteiger partial charge in [-0.3, -0.25) is 4.90 Å². The van der Waals surface area contributed by atoms with Crippen LogP contribution in [0.5, 0.6) is 0 Å². The topological polar surface area (TPSA) is 49.1 Å². The second kappa shape index (κ2) is 6.48. The summed E-state index contributed by atoms with van der Waals surface area (Å²) < 4.78 is 5.20. The van der Waals surface area contributed by atoms with Gasteiger partial charge in [0.1, 0.15) is 11.8 Å². The van der Waals surface area contributed by atoms with Crippen molar-refractivity contribution in [2.75, 3.05) is 26.8 Å². The molecular formula is C14H19N3O. The van der Waals surface area contributed by atoms with Crippen molar-refractivity contribution in [2.24, 2.45) is 5.92 Å². The zero-order valence-electron chi connectivity index (χ0n) is 10.8. The molecule has 0 atom stereocenters. The standard InChI is InChI=1S/C14H19N3O/c1-18-11-12-3-6-17(7-4-12)10-13-2-5-16-14(8-13)9-15/h2,5,8,12H,3-4,6-7,10-11H2,1H3. The molecule has 0 unspecified atom stereocenters. The Morgan fingerprint density at radius 2 is 2.28 bits per heavy atom. The van der Waals surface area contributed by atoms with Crippen molar-refractivity contribution in [3.63, 3.8) is 0 Å². The summed E-state index contributed by atoms with van der Waals surface area (Å²) in [4.78, 5) is 6.42. The molecule has 0 bridgehead atoms. The van der Waals surface area contributed by atoms with Gasteiger partial charge in [0.15, 0.2) is 0 Å². The van der Waals surface area contributed by atoms with E-state index >= 15 is 0 Å². The van der Waals surface area contributed by atoms with Gasteiger partial charge in [-0.2, -0.15) is 5.26 Å². The van der Waals surface area contributed by atoms with Crippen LogP contribution in [0.3, 0.4) is 0 Å². The maximum atomic E-state index is 8.82. The predicted octanol–water partition coefficient (Wildman–Crippen LogP) is 1.81. The minimum atomic E-state index is 0.502. The van der Waals surface area contributed by atoms with Crippen molar-refractivity contribution < 1.29 is 4.74 Å². The van der Waals surface area contributed by atoms with Crippen LogP contribution < -0.4 is 0 Å². The number of pyridine rings is 1. The molecule has 0 aliphatic carbocycles. The molecule has 1 aromatic rings. The maximum Gasteiger partial charge on any atom is 0.140 e. The van der Waals surface area contributed by atoms with Gasteiger partial charge < -0.3 is 4.74 Å². The van der Waals surface area contributed by atoms with Crippen LogP contribution >= 0.6 is 0 Å². The van der Waals surface area contributed by atoms with Crippen LogP contribution in [0.25, 0.3) is 0 Å². The third kappa shape index (κ3) is 3.52. The van der Waals surface area contributed by atoms with Gasteiger partial charge in [-0.15, -0.1) is 0 Å². The highest BCUT2D eigenvalue weighted by Crippen LogP contribution is 2.19. The Balaban J connectivity index is 1.86. The highest BCUT2D eigenvalue weighted by atomic mass is 16.5. The van der Waals surface area contributed by atoms with Gasteiger partial charge in [-0.05, 0) is 49.5 Å². The van der Waals surface area contributed by atoms with Crippen molar-refractivity contribution in [1.82, 2.24) is 9.88 Å². The lowest BCUT2D eigenvalue weighted by Crippen LogP contribution is -2.34. The fraction of sp³-hybridized carbons (Fsp3) is 0.571. The van der Waals surface area contributed by atoms with Crippen LogP contribution in [-0.2, 0) is 11.3 Å². The molecular weight excluding hydrogens is 226 g/mol. The fourth-order valence-electron chi connectivity index (χ4n) is 2.44. The molecule has 2 rings (SSSR count). The molecule has 1 saturated heterocycles. The molecule has 2 heterocycles. The van der Waals surface area contributed by atoms with Crippen LogP contribution in [-0.4, -0.2) is 36.7 Å². The van der Waals surface area contributed by atoms with E-state index in [-0.39, 0.29) is 0 Å². The molecule has 0 spiro atoms. The Bertz CT molecular complexity index is 419. The minimum Gasteiger partial charge on any atom is -0.384 e. The Morgan fingerprint density at radius 1 is 1.50 bits per heavy atom. The molecule has 0 radical (unpaired) electrons. The molecule has 96 valence electrons. The first-order valence-corrected chi connectivity index (χ1v) is 6.38.